The van der Waals surface area contributed by atoms with Gasteiger partial charge in [-0.15, -0.1) is 11.6 Å². The molecule has 1 aliphatic rings. The van der Waals surface area contributed by atoms with Crippen molar-refractivity contribution in [3.63, 3.8) is 0 Å². The summed E-state index contributed by atoms with van der Waals surface area (Å²) in [6.45, 7) is 4.32. The Labute approximate surface area is 132 Å². The average molecular weight is 357 g/mol. The highest BCUT2D eigenvalue weighted by molar-refractivity contribution is 9.10. The Bertz CT molecular complexity index is 623. The summed E-state index contributed by atoms with van der Waals surface area (Å²) in [6.07, 6.45) is 6.84. The molecule has 0 N–H and O–H groups in total. The summed E-state index contributed by atoms with van der Waals surface area (Å²) in [6, 6.07) is 2.50. The van der Waals surface area contributed by atoms with Gasteiger partial charge in [-0.05, 0) is 47.7 Å². The number of halogens is 2. The highest BCUT2D eigenvalue weighted by Crippen LogP contribution is 2.37. The molecule has 2 aromatic rings. The van der Waals surface area contributed by atoms with Crippen LogP contribution < -0.4 is 0 Å². The Kier molecular flexibility index (Phi) is 4.04. The molecule has 2 heterocycles. The molecule has 108 valence electrons. The van der Waals surface area contributed by atoms with Crippen molar-refractivity contribution in [2.45, 2.75) is 50.9 Å². The number of alkyl halides is 1. The van der Waals surface area contributed by atoms with Crippen molar-refractivity contribution in [1.82, 2.24) is 14.5 Å². The summed E-state index contributed by atoms with van der Waals surface area (Å²) in [4.78, 5) is 9.29. The van der Waals surface area contributed by atoms with E-state index < -0.39 is 0 Å². The Morgan fingerprint density at radius 2 is 2.25 bits per heavy atom. The van der Waals surface area contributed by atoms with Crippen LogP contribution in [0, 0.1) is 5.92 Å². The number of imidazole rings is 1. The summed E-state index contributed by atoms with van der Waals surface area (Å²) in [7, 11) is 0. The molecular weight excluding hydrogens is 338 g/mol. The largest absolute Gasteiger partial charge is 0.308 e. The molecule has 1 aliphatic carbocycles. The maximum absolute atomic E-state index is 6.35. The molecule has 3 nitrogen and oxygen atoms in total. The molecule has 5 heteroatoms. The van der Waals surface area contributed by atoms with Crippen molar-refractivity contribution < 1.29 is 0 Å². The lowest BCUT2D eigenvalue weighted by atomic mass is 9.87. The van der Waals surface area contributed by atoms with Crippen LogP contribution in [0.2, 0.25) is 0 Å². The first-order valence-electron chi connectivity index (χ1n) is 7.23. The van der Waals surface area contributed by atoms with E-state index in [2.05, 4.69) is 32.4 Å². The second-order valence-corrected chi connectivity index (χ2v) is 7.45. The van der Waals surface area contributed by atoms with Gasteiger partial charge in [-0.2, -0.15) is 0 Å². The van der Waals surface area contributed by atoms with E-state index in [0.29, 0.717) is 6.04 Å². The quantitative estimate of drug-likeness (QED) is 0.688. The highest BCUT2D eigenvalue weighted by atomic mass is 79.9. The van der Waals surface area contributed by atoms with E-state index >= 15 is 0 Å². The number of hydrogen-bond acceptors (Lipinski definition) is 2. The first kappa shape index (κ1) is 14.3. The van der Waals surface area contributed by atoms with Crippen LogP contribution in [0.4, 0.5) is 0 Å². The van der Waals surface area contributed by atoms with Gasteiger partial charge >= 0.3 is 0 Å². The second-order valence-electron chi connectivity index (χ2n) is 5.88. The average Bonchev–Trinajstić information content (AvgIpc) is 2.77. The third-order valence-electron chi connectivity index (χ3n) is 4.15. The van der Waals surface area contributed by atoms with Gasteiger partial charge in [0.1, 0.15) is 11.3 Å². The number of fused-ring (bicyclic) bond motifs is 1. The summed E-state index contributed by atoms with van der Waals surface area (Å²) >= 11 is 9.82. The molecule has 0 aliphatic heterocycles. The Morgan fingerprint density at radius 3 is 2.95 bits per heavy atom. The Morgan fingerprint density at radius 1 is 1.45 bits per heavy atom. The maximum Gasteiger partial charge on any atom is 0.160 e. The van der Waals surface area contributed by atoms with E-state index in [-0.39, 0.29) is 5.38 Å². The monoisotopic (exact) mass is 355 g/mol. The summed E-state index contributed by atoms with van der Waals surface area (Å²) in [5, 5.41) is -0.0970. The van der Waals surface area contributed by atoms with E-state index in [4.69, 9.17) is 16.6 Å². The van der Waals surface area contributed by atoms with Crippen molar-refractivity contribution in [3.8, 4) is 0 Å². The zero-order valence-corrected chi connectivity index (χ0v) is 14.2. The Hall–Kier alpha value is -0.610. The minimum absolute atomic E-state index is 0.0970. The van der Waals surface area contributed by atoms with Crippen LogP contribution in [0.1, 0.15) is 56.8 Å². The molecule has 3 atom stereocenters. The van der Waals surface area contributed by atoms with Gasteiger partial charge in [-0.1, -0.05) is 19.8 Å². The standard InChI is InChI=1S/C15H19BrClN3/c1-9-4-3-5-12(6-9)20-14(10(2)17)19-13-7-11(16)8-18-15(13)20/h7-10,12H,3-6H2,1-2H3. The third kappa shape index (κ3) is 2.60. The van der Waals surface area contributed by atoms with Gasteiger partial charge in [0.15, 0.2) is 5.65 Å². The zero-order valence-electron chi connectivity index (χ0n) is 11.8. The lowest BCUT2D eigenvalue weighted by Crippen LogP contribution is -2.20. The van der Waals surface area contributed by atoms with Crippen LogP contribution in [-0.4, -0.2) is 14.5 Å². The summed E-state index contributed by atoms with van der Waals surface area (Å²) in [5.74, 6) is 1.71. The fourth-order valence-electron chi connectivity index (χ4n) is 3.25. The SMILES string of the molecule is CC1CCCC(n2c(C(C)Cl)nc3cc(Br)cnc32)C1. The molecule has 1 saturated carbocycles. The van der Waals surface area contributed by atoms with Crippen molar-refractivity contribution in [3.05, 3.63) is 22.6 Å². The van der Waals surface area contributed by atoms with Crippen LogP contribution >= 0.6 is 27.5 Å². The second kappa shape index (κ2) is 5.64. The van der Waals surface area contributed by atoms with Gasteiger partial charge in [-0.3, -0.25) is 0 Å². The van der Waals surface area contributed by atoms with E-state index in [9.17, 15) is 0 Å². The third-order valence-corrected chi connectivity index (χ3v) is 4.78. The van der Waals surface area contributed by atoms with Crippen molar-refractivity contribution >= 4 is 38.7 Å². The maximum atomic E-state index is 6.35. The van der Waals surface area contributed by atoms with Crippen molar-refractivity contribution in [2.75, 3.05) is 0 Å². The van der Waals surface area contributed by atoms with Gasteiger partial charge in [-0.25, -0.2) is 9.97 Å². The van der Waals surface area contributed by atoms with E-state index in [1.54, 1.807) is 0 Å². The number of nitrogens with zero attached hydrogens (tertiary/aromatic N) is 3. The normalized spacial score (nSPS) is 25.0. The number of hydrogen-bond donors (Lipinski definition) is 0. The lowest BCUT2D eigenvalue weighted by Gasteiger charge is -2.29. The van der Waals surface area contributed by atoms with Gasteiger partial charge < -0.3 is 4.57 Å². The minimum Gasteiger partial charge on any atom is -0.308 e. The molecule has 3 unspecified atom stereocenters. The molecule has 2 aromatic heterocycles. The molecule has 1 fully saturated rings. The van der Waals surface area contributed by atoms with Gasteiger partial charge in [0, 0.05) is 16.7 Å². The van der Waals surface area contributed by atoms with Crippen molar-refractivity contribution in [2.24, 2.45) is 5.92 Å². The van der Waals surface area contributed by atoms with E-state index in [1.807, 2.05) is 19.2 Å². The van der Waals surface area contributed by atoms with E-state index in [0.717, 1.165) is 27.4 Å². The summed E-state index contributed by atoms with van der Waals surface area (Å²) in [5.41, 5.74) is 1.90. The molecule has 0 amide bonds. The van der Waals surface area contributed by atoms with E-state index in [1.165, 1.54) is 25.7 Å². The zero-order chi connectivity index (χ0) is 14.3. The first-order chi connectivity index (χ1) is 9.56. The summed E-state index contributed by atoms with van der Waals surface area (Å²) < 4.78 is 3.25. The molecule has 0 aromatic carbocycles. The first-order valence-corrected chi connectivity index (χ1v) is 8.46. The van der Waals surface area contributed by atoms with Crippen LogP contribution in [0.15, 0.2) is 16.7 Å². The van der Waals surface area contributed by atoms with Gasteiger partial charge in [0.2, 0.25) is 0 Å². The van der Waals surface area contributed by atoms with Crippen LogP contribution in [0.3, 0.4) is 0 Å². The van der Waals surface area contributed by atoms with Crippen LogP contribution in [0.5, 0.6) is 0 Å². The fraction of sp³-hybridized carbons (Fsp3) is 0.600. The molecule has 20 heavy (non-hydrogen) atoms. The van der Waals surface area contributed by atoms with Crippen LogP contribution in [-0.2, 0) is 0 Å². The predicted molar refractivity (Wildman–Crippen MR) is 86.2 cm³/mol. The molecule has 0 radical (unpaired) electrons. The molecule has 3 rings (SSSR count). The molecule has 0 saturated heterocycles. The van der Waals surface area contributed by atoms with Gasteiger partial charge in [0.05, 0.1) is 5.38 Å². The number of rotatable bonds is 2. The fourth-order valence-corrected chi connectivity index (χ4v) is 3.73. The topological polar surface area (TPSA) is 30.7 Å². The molecule has 0 spiro atoms. The van der Waals surface area contributed by atoms with Crippen molar-refractivity contribution in [1.29, 1.82) is 0 Å². The Balaban J connectivity index is 2.13. The van der Waals surface area contributed by atoms with Crippen LogP contribution in [0.25, 0.3) is 11.2 Å². The molecule has 0 bridgehead atoms. The minimum atomic E-state index is -0.0970. The predicted octanol–water partition coefficient (Wildman–Crippen LogP) is 5.24. The lowest BCUT2D eigenvalue weighted by molar-refractivity contribution is 0.281. The highest BCUT2D eigenvalue weighted by Gasteiger charge is 2.26. The van der Waals surface area contributed by atoms with Gasteiger partial charge in [0.25, 0.3) is 0 Å². The smallest absolute Gasteiger partial charge is 0.160 e. The number of aromatic nitrogens is 3. The molecular formula is C15H19BrClN3. The number of pyridine rings is 1.